The first-order valence-corrected chi connectivity index (χ1v) is 16.9. The summed E-state index contributed by atoms with van der Waals surface area (Å²) in [6, 6.07) is 7.99. The third-order valence-corrected chi connectivity index (χ3v) is 8.05. The zero-order valence-corrected chi connectivity index (χ0v) is 30.8. The summed E-state index contributed by atoms with van der Waals surface area (Å²) in [5, 5.41) is 0. The third kappa shape index (κ3) is 17.2. The van der Waals surface area contributed by atoms with Gasteiger partial charge >= 0.3 is 5.97 Å². The van der Waals surface area contributed by atoms with Crippen LogP contribution in [0.4, 0.5) is 0 Å². The SMILES string of the molecule is C=C/C=C\C(C)C(OC(C)=O)C(C)C(C)C(C)C/C(C)=C\C(C)C(OCC)C(C)COCc1ccc(OC)cc1.CC.CC. The van der Waals surface area contributed by atoms with Crippen molar-refractivity contribution in [1.29, 1.82) is 0 Å². The molecule has 5 heteroatoms. The summed E-state index contributed by atoms with van der Waals surface area (Å²) >= 11 is 0. The molecule has 0 spiro atoms. The monoisotopic (exact) mass is 617 g/mol. The predicted octanol–water partition coefficient (Wildman–Crippen LogP) is 10.5. The molecule has 0 fully saturated rings. The van der Waals surface area contributed by atoms with Gasteiger partial charge in [0.05, 0.1) is 26.4 Å². The molecule has 0 heterocycles. The lowest BCUT2D eigenvalue weighted by molar-refractivity contribution is -0.152. The second kappa shape index (κ2) is 25.9. The lowest BCUT2D eigenvalue weighted by atomic mass is 9.76. The highest BCUT2D eigenvalue weighted by Crippen LogP contribution is 2.33. The van der Waals surface area contributed by atoms with E-state index < -0.39 is 0 Å². The van der Waals surface area contributed by atoms with Crippen LogP contribution in [0.5, 0.6) is 5.75 Å². The van der Waals surface area contributed by atoms with Crippen molar-refractivity contribution < 1.29 is 23.7 Å². The first-order chi connectivity index (χ1) is 20.9. The minimum atomic E-state index is -0.232. The lowest BCUT2D eigenvalue weighted by Gasteiger charge is -2.35. The standard InChI is InChI=1S/C35H56O5.2C2H6/c1-12-14-15-25(4)35(40-31(10)36)30(9)29(8)26(5)20-24(3)21-27(6)34(39-13-2)28(7)22-38-23-32-16-18-33(37-11)19-17-32;2*1-2/h12,14-19,21,25-30,34-35H,1,13,20,22-23H2,2-11H3;2*1-2H3/b15-14-,24-21-;;. The van der Waals surface area contributed by atoms with Gasteiger partial charge in [0.15, 0.2) is 0 Å². The Labute approximate surface area is 272 Å². The van der Waals surface area contributed by atoms with Crippen molar-refractivity contribution in [3.63, 3.8) is 0 Å². The van der Waals surface area contributed by atoms with E-state index >= 15 is 0 Å². The van der Waals surface area contributed by atoms with Crippen LogP contribution < -0.4 is 4.74 Å². The smallest absolute Gasteiger partial charge is 0.302 e. The van der Waals surface area contributed by atoms with Gasteiger partial charge < -0.3 is 18.9 Å². The highest BCUT2D eigenvalue weighted by atomic mass is 16.5. The number of carbonyl (C=O) groups excluding carboxylic acids is 1. The van der Waals surface area contributed by atoms with E-state index in [1.54, 1.807) is 13.2 Å². The van der Waals surface area contributed by atoms with Crippen molar-refractivity contribution in [3.8, 4) is 5.75 Å². The first kappa shape index (κ1) is 43.8. The zero-order valence-electron chi connectivity index (χ0n) is 30.8. The Hall–Kier alpha value is -2.37. The van der Waals surface area contributed by atoms with Crippen LogP contribution in [0.1, 0.15) is 102 Å². The number of methoxy groups -OCH3 is 1. The normalized spacial score (nSPS) is 16.9. The van der Waals surface area contributed by atoms with E-state index in [9.17, 15) is 4.79 Å². The Morgan fingerprint density at radius 2 is 1.45 bits per heavy atom. The molecule has 8 unspecified atom stereocenters. The number of ether oxygens (including phenoxy) is 4. The van der Waals surface area contributed by atoms with Crippen molar-refractivity contribution in [3.05, 3.63) is 66.3 Å². The molecule has 0 bridgehead atoms. The van der Waals surface area contributed by atoms with Crippen LogP contribution in [-0.2, 0) is 25.6 Å². The molecule has 0 saturated heterocycles. The van der Waals surface area contributed by atoms with E-state index in [-0.39, 0.29) is 41.8 Å². The van der Waals surface area contributed by atoms with Crippen LogP contribution in [0.25, 0.3) is 0 Å². The van der Waals surface area contributed by atoms with Gasteiger partial charge in [-0.2, -0.15) is 0 Å². The lowest BCUT2D eigenvalue weighted by Crippen LogP contribution is -2.35. The minimum absolute atomic E-state index is 0.0771. The van der Waals surface area contributed by atoms with Gasteiger partial charge in [-0.05, 0) is 55.7 Å². The minimum Gasteiger partial charge on any atom is -0.497 e. The van der Waals surface area contributed by atoms with Gasteiger partial charge in [-0.25, -0.2) is 0 Å². The van der Waals surface area contributed by atoms with Crippen LogP contribution in [0, 0.1) is 35.5 Å². The van der Waals surface area contributed by atoms with Crippen LogP contribution in [0.15, 0.2) is 60.7 Å². The Bertz CT molecular complexity index is 919. The summed E-state index contributed by atoms with van der Waals surface area (Å²) in [6.45, 7) is 32.7. The maximum atomic E-state index is 11.9. The van der Waals surface area contributed by atoms with Crippen molar-refractivity contribution in [2.24, 2.45) is 35.5 Å². The second-order valence-corrected chi connectivity index (χ2v) is 11.6. The predicted molar refractivity (Wildman–Crippen MR) is 189 cm³/mol. The number of hydrogen-bond donors (Lipinski definition) is 0. The molecule has 5 nitrogen and oxygen atoms in total. The molecule has 1 rings (SSSR count). The van der Waals surface area contributed by atoms with Crippen LogP contribution >= 0.6 is 0 Å². The molecule has 1 aromatic rings. The van der Waals surface area contributed by atoms with Crippen LogP contribution in [-0.4, -0.2) is 38.5 Å². The summed E-state index contributed by atoms with van der Waals surface area (Å²) in [6.07, 6.45) is 9.02. The number of esters is 1. The highest BCUT2D eigenvalue weighted by molar-refractivity contribution is 5.66. The molecule has 0 aromatic heterocycles. The fraction of sp³-hybridized carbons (Fsp3) is 0.667. The summed E-state index contributed by atoms with van der Waals surface area (Å²) in [5.74, 6) is 2.27. The molecule has 254 valence electrons. The molecule has 0 N–H and O–H groups in total. The molecule has 44 heavy (non-hydrogen) atoms. The molecule has 0 aliphatic carbocycles. The third-order valence-electron chi connectivity index (χ3n) is 8.05. The molecular formula is C39H68O5. The van der Waals surface area contributed by atoms with Gasteiger partial charge in [0.2, 0.25) is 0 Å². The highest BCUT2D eigenvalue weighted by Gasteiger charge is 2.32. The number of rotatable bonds is 19. The molecule has 0 radical (unpaired) electrons. The summed E-state index contributed by atoms with van der Waals surface area (Å²) in [7, 11) is 1.67. The Morgan fingerprint density at radius 3 is 1.95 bits per heavy atom. The molecule has 0 amide bonds. The van der Waals surface area contributed by atoms with E-state index in [0.29, 0.717) is 31.7 Å². The maximum Gasteiger partial charge on any atom is 0.302 e. The van der Waals surface area contributed by atoms with E-state index in [2.05, 4.69) is 74.1 Å². The molecule has 0 aliphatic heterocycles. The van der Waals surface area contributed by atoms with Gasteiger partial charge in [0.1, 0.15) is 11.9 Å². The number of hydrogen-bond acceptors (Lipinski definition) is 5. The van der Waals surface area contributed by atoms with Crippen LogP contribution in [0.2, 0.25) is 0 Å². The molecular weight excluding hydrogens is 548 g/mol. The van der Waals surface area contributed by atoms with E-state index in [4.69, 9.17) is 18.9 Å². The van der Waals surface area contributed by atoms with Gasteiger partial charge in [0.25, 0.3) is 0 Å². The van der Waals surface area contributed by atoms with E-state index in [0.717, 1.165) is 17.7 Å². The average molecular weight is 617 g/mol. The Morgan fingerprint density at radius 1 is 0.864 bits per heavy atom. The summed E-state index contributed by atoms with van der Waals surface area (Å²) < 4.78 is 23.3. The van der Waals surface area contributed by atoms with Crippen LogP contribution in [0.3, 0.4) is 0 Å². The fourth-order valence-electron chi connectivity index (χ4n) is 5.58. The largest absolute Gasteiger partial charge is 0.497 e. The maximum absolute atomic E-state index is 11.9. The van der Waals surface area contributed by atoms with Crippen molar-refractivity contribution >= 4 is 5.97 Å². The number of benzene rings is 1. The van der Waals surface area contributed by atoms with Gasteiger partial charge in [-0.3, -0.25) is 4.79 Å². The molecule has 0 saturated carbocycles. The Balaban J connectivity index is 0. The average Bonchev–Trinajstić information content (AvgIpc) is 3.02. The summed E-state index contributed by atoms with van der Waals surface area (Å²) in [5.41, 5.74) is 2.49. The van der Waals surface area contributed by atoms with E-state index in [1.807, 2.05) is 58.0 Å². The van der Waals surface area contributed by atoms with Crippen molar-refractivity contribution in [1.82, 2.24) is 0 Å². The zero-order chi connectivity index (χ0) is 34.2. The van der Waals surface area contributed by atoms with E-state index in [1.165, 1.54) is 12.5 Å². The molecule has 1 aromatic carbocycles. The summed E-state index contributed by atoms with van der Waals surface area (Å²) in [4.78, 5) is 11.9. The van der Waals surface area contributed by atoms with Gasteiger partial charge in [0, 0.05) is 31.3 Å². The number of allylic oxidation sites excluding steroid dienone is 3. The number of carbonyl (C=O) groups is 1. The Kier molecular flexibility index (Phi) is 25.8. The fourth-order valence-corrected chi connectivity index (χ4v) is 5.58. The second-order valence-electron chi connectivity index (χ2n) is 11.6. The quantitative estimate of drug-likeness (QED) is 0.0879. The first-order valence-electron chi connectivity index (χ1n) is 16.9. The van der Waals surface area contributed by atoms with Gasteiger partial charge in [-0.15, -0.1) is 0 Å². The molecule has 0 aliphatic rings. The van der Waals surface area contributed by atoms with Crippen molar-refractivity contribution in [2.45, 2.75) is 115 Å². The van der Waals surface area contributed by atoms with Crippen molar-refractivity contribution in [2.75, 3.05) is 20.3 Å². The molecule has 8 atom stereocenters. The topological polar surface area (TPSA) is 54.0 Å². The van der Waals surface area contributed by atoms with Gasteiger partial charge in [-0.1, -0.05) is 118 Å².